The number of halogens is 2. The molecule has 18 heavy (non-hydrogen) atoms. The third-order valence-electron chi connectivity index (χ3n) is 4.19. The van der Waals surface area contributed by atoms with E-state index in [1.54, 1.807) is 0 Å². The van der Waals surface area contributed by atoms with Crippen molar-refractivity contribution in [1.29, 1.82) is 0 Å². The van der Waals surface area contributed by atoms with Crippen LogP contribution in [-0.4, -0.2) is 31.1 Å². The highest BCUT2D eigenvalue weighted by Gasteiger charge is 2.32. The molecule has 2 atom stereocenters. The minimum atomic E-state index is 0.825. The first kappa shape index (κ1) is 12.9. The molecule has 0 saturated carbocycles. The summed E-state index contributed by atoms with van der Waals surface area (Å²) in [5.41, 5.74) is 1.30. The van der Waals surface area contributed by atoms with E-state index in [0.717, 1.165) is 23.4 Å². The van der Waals surface area contributed by atoms with Crippen molar-refractivity contribution < 1.29 is 0 Å². The predicted molar refractivity (Wildman–Crippen MR) is 78.9 cm³/mol. The highest BCUT2D eigenvalue weighted by atomic mass is 79.9. The number of likely N-dealkylation sites (tertiary alicyclic amines) is 1. The first-order valence-electron chi connectivity index (χ1n) is 6.59. The second kappa shape index (κ2) is 5.49. The molecule has 0 aromatic heterocycles. The van der Waals surface area contributed by atoms with Gasteiger partial charge in [0.1, 0.15) is 0 Å². The molecule has 0 bridgehead atoms. The summed E-state index contributed by atoms with van der Waals surface area (Å²) < 4.78 is 1.17. The normalized spacial score (nSPS) is 28.3. The molecular weight excluding hydrogens is 312 g/mol. The maximum atomic E-state index is 6.07. The molecule has 2 unspecified atom stereocenters. The number of rotatable bonds is 2. The molecule has 2 fully saturated rings. The van der Waals surface area contributed by atoms with Gasteiger partial charge < -0.3 is 5.32 Å². The predicted octanol–water partition coefficient (Wildman–Crippen LogP) is 3.14. The Balaban J connectivity index is 1.67. The molecule has 2 saturated heterocycles. The van der Waals surface area contributed by atoms with Crippen LogP contribution in [0, 0.1) is 11.8 Å². The molecule has 3 rings (SSSR count). The molecule has 2 heterocycles. The summed E-state index contributed by atoms with van der Waals surface area (Å²) in [5.74, 6) is 1.75. The van der Waals surface area contributed by atoms with E-state index in [1.807, 2.05) is 12.1 Å². The maximum Gasteiger partial charge on any atom is 0.0410 e. The van der Waals surface area contributed by atoms with Crippen LogP contribution in [0.2, 0.25) is 5.02 Å². The number of nitrogens with zero attached hydrogens (tertiary/aromatic N) is 1. The minimum absolute atomic E-state index is 0.825. The van der Waals surface area contributed by atoms with Crippen LogP contribution in [0.15, 0.2) is 22.7 Å². The summed E-state index contributed by atoms with van der Waals surface area (Å²) in [5, 5.41) is 4.34. The van der Waals surface area contributed by atoms with Crippen LogP contribution in [0.5, 0.6) is 0 Å². The van der Waals surface area contributed by atoms with Gasteiger partial charge in [0.05, 0.1) is 0 Å². The second-order valence-electron chi connectivity index (χ2n) is 5.44. The summed E-state index contributed by atoms with van der Waals surface area (Å²) in [6.07, 6.45) is 1.33. The van der Waals surface area contributed by atoms with Crippen molar-refractivity contribution in [3.8, 4) is 0 Å². The monoisotopic (exact) mass is 328 g/mol. The molecular formula is C14H18BrClN2. The highest BCUT2D eigenvalue weighted by molar-refractivity contribution is 9.10. The van der Waals surface area contributed by atoms with Gasteiger partial charge in [-0.3, -0.25) is 4.90 Å². The van der Waals surface area contributed by atoms with E-state index in [4.69, 9.17) is 11.6 Å². The van der Waals surface area contributed by atoms with Gasteiger partial charge in [0.25, 0.3) is 0 Å². The lowest BCUT2D eigenvalue weighted by Gasteiger charge is -2.34. The van der Waals surface area contributed by atoms with E-state index in [2.05, 4.69) is 32.2 Å². The summed E-state index contributed by atoms with van der Waals surface area (Å²) >= 11 is 9.69. The Kier molecular flexibility index (Phi) is 3.94. The van der Waals surface area contributed by atoms with Crippen molar-refractivity contribution in [2.75, 3.05) is 26.2 Å². The lowest BCUT2D eigenvalue weighted by Crippen LogP contribution is -2.39. The van der Waals surface area contributed by atoms with Crippen molar-refractivity contribution in [2.45, 2.75) is 13.0 Å². The third kappa shape index (κ3) is 2.74. The molecule has 1 aromatic rings. The van der Waals surface area contributed by atoms with E-state index in [1.165, 1.54) is 42.6 Å². The largest absolute Gasteiger partial charge is 0.316 e. The highest BCUT2D eigenvalue weighted by Crippen LogP contribution is 2.29. The van der Waals surface area contributed by atoms with E-state index in [-0.39, 0.29) is 0 Å². The fraction of sp³-hybridized carbons (Fsp3) is 0.571. The van der Waals surface area contributed by atoms with Gasteiger partial charge in [-0.2, -0.15) is 0 Å². The van der Waals surface area contributed by atoms with Crippen molar-refractivity contribution in [3.63, 3.8) is 0 Å². The van der Waals surface area contributed by atoms with Gasteiger partial charge in [-0.1, -0.05) is 27.5 Å². The SMILES string of the molecule is Clc1ccc(Br)c(CN2CCC3CNCC3C2)c1. The van der Waals surface area contributed by atoms with Crippen LogP contribution in [0.4, 0.5) is 0 Å². The Morgan fingerprint density at radius 2 is 2.17 bits per heavy atom. The number of fused-ring (bicyclic) bond motifs is 1. The summed E-state index contributed by atoms with van der Waals surface area (Å²) in [4.78, 5) is 2.56. The topological polar surface area (TPSA) is 15.3 Å². The Morgan fingerprint density at radius 3 is 3.06 bits per heavy atom. The van der Waals surface area contributed by atoms with Crippen molar-refractivity contribution in [3.05, 3.63) is 33.3 Å². The molecule has 2 aliphatic rings. The van der Waals surface area contributed by atoms with Gasteiger partial charge in [-0.15, -0.1) is 0 Å². The van der Waals surface area contributed by atoms with Gasteiger partial charge in [0.2, 0.25) is 0 Å². The molecule has 0 spiro atoms. The zero-order chi connectivity index (χ0) is 12.5. The Labute approximate surface area is 122 Å². The molecule has 2 nitrogen and oxygen atoms in total. The first-order chi connectivity index (χ1) is 8.72. The van der Waals surface area contributed by atoms with Crippen molar-refractivity contribution in [1.82, 2.24) is 10.2 Å². The molecule has 0 amide bonds. The molecule has 0 aliphatic carbocycles. The first-order valence-corrected chi connectivity index (χ1v) is 7.76. The molecule has 1 aromatic carbocycles. The van der Waals surface area contributed by atoms with Gasteiger partial charge in [-0.05, 0) is 61.7 Å². The van der Waals surface area contributed by atoms with Crippen LogP contribution < -0.4 is 5.32 Å². The minimum Gasteiger partial charge on any atom is -0.316 e. The number of piperidine rings is 1. The quantitative estimate of drug-likeness (QED) is 0.897. The Morgan fingerprint density at radius 1 is 1.33 bits per heavy atom. The van der Waals surface area contributed by atoms with Crippen LogP contribution >= 0.6 is 27.5 Å². The van der Waals surface area contributed by atoms with Crippen LogP contribution in [0.1, 0.15) is 12.0 Å². The molecule has 0 radical (unpaired) electrons. The molecule has 1 N–H and O–H groups in total. The zero-order valence-corrected chi connectivity index (χ0v) is 12.7. The van der Waals surface area contributed by atoms with Crippen LogP contribution in [0.3, 0.4) is 0 Å². The summed E-state index contributed by atoms with van der Waals surface area (Å²) in [7, 11) is 0. The molecule has 4 heteroatoms. The average Bonchev–Trinajstić information content (AvgIpc) is 2.81. The maximum absolute atomic E-state index is 6.07. The standard InChI is InChI=1S/C14H18BrClN2/c15-14-2-1-13(16)5-11(14)8-18-4-3-10-6-17-7-12(10)9-18/h1-2,5,10,12,17H,3-4,6-9H2. The zero-order valence-electron chi connectivity index (χ0n) is 10.3. The van der Waals surface area contributed by atoms with E-state index < -0.39 is 0 Å². The lowest BCUT2D eigenvalue weighted by molar-refractivity contribution is 0.142. The fourth-order valence-corrected chi connectivity index (χ4v) is 3.73. The van der Waals surface area contributed by atoms with E-state index in [0.29, 0.717) is 0 Å². The van der Waals surface area contributed by atoms with Gasteiger partial charge in [-0.25, -0.2) is 0 Å². The second-order valence-corrected chi connectivity index (χ2v) is 6.73. The van der Waals surface area contributed by atoms with Crippen molar-refractivity contribution in [2.24, 2.45) is 11.8 Å². The Hall–Kier alpha value is -0.0900. The average molecular weight is 330 g/mol. The van der Waals surface area contributed by atoms with E-state index >= 15 is 0 Å². The molecule has 98 valence electrons. The van der Waals surface area contributed by atoms with Crippen molar-refractivity contribution >= 4 is 27.5 Å². The van der Waals surface area contributed by atoms with Gasteiger partial charge in [0.15, 0.2) is 0 Å². The van der Waals surface area contributed by atoms with Crippen LogP contribution in [-0.2, 0) is 6.54 Å². The van der Waals surface area contributed by atoms with E-state index in [9.17, 15) is 0 Å². The fourth-order valence-electron chi connectivity index (χ4n) is 3.16. The number of hydrogen-bond donors (Lipinski definition) is 1. The number of nitrogens with one attached hydrogen (secondary N) is 1. The summed E-state index contributed by atoms with van der Waals surface area (Å²) in [6, 6.07) is 6.05. The number of benzene rings is 1. The van der Waals surface area contributed by atoms with Crippen LogP contribution in [0.25, 0.3) is 0 Å². The third-order valence-corrected chi connectivity index (χ3v) is 5.20. The summed E-state index contributed by atoms with van der Waals surface area (Å²) in [6.45, 7) is 5.85. The lowest BCUT2D eigenvalue weighted by atomic mass is 9.88. The smallest absolute Gasteiger partial charge is 0.0410 e. The van der Waals surface area contributed by atoms with Gasteiger partial charge >= 0.3 is 0 Å². The molecule has 2 aliphatic heterocycles. The Bertz CT molecular complexity index is 438. The van der Waals surface area contributed by atoms with Gasteiger partial charge in [0, 0.05) is 22.6 Å². The number of hydrogen-bond acceptors (Lipinski definition) is 2.